The molecule has 0 saturated carbocycles. The van der Waals surface area contributed by atoms with Gasteiger partial charge in [0.25, 0.3) is 0 Å². The lowest BCUT2D eigenvalue weighted by atomic mass is 10.0. The summed E-state index contributed by atoms with van der Waals surface area (Å²) < 4.78 is 126. The number of alkyl halides is 6. The highest BCUT2D eigenvalue weighted by Crippen LogP contribution is 2.32. The quantitative estimate of drug-likeness (QED) is 0.0169. The minimum Gasteiger partial charge on any atom is -0.508 e. The number of phenolic OH excluding ortho intramolecular Hbond substituents is 3. The Balaban J connectivity index is 0.000000232. The fourth-order valence-corrected chi connectivity index (χ4v) is 8.46. The van der Waals surface area contributed by atoms with Crippen LogP contribution in [0, 0.1) is 6.92 Å². The van der Waals surface area contributed by atoms with Crippen LogP contribution in [0.2, 0.25) is 0 Å². The summed E-state index contributed by atoms with van der Waals surface area (Å²) in [4.78, 5) is 83.0. The van der Waals surface area contributed by atoms with E-state index in [4.69, 9.17) is 5.11 Å². The molecule has 29 heteroatoms. The Labute approximate surface area is 530 Å². The van der Waals surface area contributed by atoms with E-state index in [9.17, 15) is 82.2 Å². The first-order valence-corrected chi connectivity index (χ1v) is 29.0. The van der Waals surface area contributed by atoms with Crippen LogP contribution in [0.5, 0.6) is 28.7 Å². The Hall–Kier alpha value is -12.3. The van der Waals surface area contributed by atoms with E-state index >= 15 is 0 Å². The van der Waals surface area contributed by atoms with E-state index in [2.05, 4.69) is 38.3 Å². The van der Waals surface area contributed by atoms with E-state index in [1.54, 1.807) is 109 Å². The molecule has 0 spiro atoms. The van der Waals surface area contributed by atoms with Gasteiger partial charge in [-0.25, -0.2) is 28.8 Å². The molecule has 8 rings (SSSR count). The number of aromatic hydroxyl groups is 3. The summed E-state index contributed by atoms with van der Waals surface area (Å²) in [7, 11) is -11.7. The van der Waals surface area contributed by atoms with Crippen molar-refractivity contribution in [2.75, 3.05) is 0 Å². The summed E-state index contributed by atoms with van der Waals surface area (Å²) in [6, 6.07) is 43.0. The van der Waals surface area contributed by atoms with E-state index in [0.717, 1.165) is 52.9 Å². The number of nitrogens with zero attached hydrogens (tertiary/aromatic N) is 6. The Kier molecular flexibility index (Phi) is 26.7. The van der Waals surface area contributed by atoms with Gasteiger partial charge in [0.1, 0.15) is 28.7 Å². The molecule has 21 nitrogen and oxygen atoms in total. The van der Waals surface area contributed by atoms with Gasteiger partial charge in [-0.1, -0.05) is 91.1 Å². The number of halogens is 6. The van der Waals surface area contributed by atoms with Crippen LogP contribution in [0.15, 0.2) is 200 Å². The molecule has 0 amide bonds. The van der Waals surface area contributed by atoms with Gasteiger partial charge in [-0.3, -0.25) is 0 Å². The van der Waals surface area contributed by atoms with Gasteiger partial charge in [-0.05, 0) is 179 Å². The third-order valence-corrected chi connectivity index (χ3v) is 13.6. The molecule has 0 atom stereocenters. The van der Waals surface area contributed by atoms with Gasteiger partial charge in [0, 0.05) is 6.07 Å². The average molecular weight is 1330 g/mol. The molecule has 0 saturated heterocycles. The smallest absolute Gasteiger partial charge is 0.508 e. The number of isocyanates is 6. The highest BCUT2D eigenvalue weighted by molar-refractivity contribution is 7.88. The van der Waals surface area contributed by atoms with E-state index in [1.165, 1.54) is 92.0 Å². The van der Waals surface area contributed by atoms with Crippen LogP contribution in [0.3, 0.4) is 0 Å². The van der Waals surface area contributed by atoms with Crippen LogP contribution in [0.4, 0.5) is 60.5 Å². The number of aliphatic imine (C=N–C) groups is 6. The molecule has 0 bridgehead atoms. The highest BCUT2D eigenvalue weighted by Gasteiger charge is 2.49. The van der Waals surface area contributed by atoms with Gasteiger partial charge in [-0.2, -0.15) is 73.1 Å². The summed E-state index contributed by atoms with van der Waals surface area (Å²) in [6.07, 6.45) is 20.1. The van der Waals surface area contributed by atoms with Crippen molar-refractivity contribution in [2.45, 2.75) is 30.8 Å². The predicted molar refractivity (Wildman–Crippen MR) is 333 cm³/mol. The third-order valence-electron chi connectivity index (χ3n) is 11.6. The summed E-state index contributed by atoms with van der Waals surface area (Å²) in [5, 5.41) is 27.7. The zero-order chi connectivity index (χ0) is 68.9. The lowest BCUT2D eigenvalue weighted by Gasteiger charge is -2.10. The van der Waals surface area contributed by atoms with E-state index in [-0.39, 0.29) is 22.8 Å². The van der Waals surface area contributed by atoms with Crippen LogP contribution in [-0.4, -0.2) is 79.7 Å². The number of aryl methyl sites for hydroxylation is 3. The number of carbonyl (C=O) groups excluding carboxylic acids is 6. The number of hydrogen-bond acceptors (Lipinski definition) is 21. The molecule has 8 aromatic carbocycles. The maximum Gasteiger partial charge on any atom is 0.534 e. The first-order chi connectivity index (χ1) is 44.6. The summed E-state index contributed by atoms with van der Waals surface area (Å²) in [6.45, 7) is 1.48. The van der Waals surface area contributed by atoms with Crippen LogP contribution < -0.4 is 8.37 Å². The Morgan fingerprint density at radius 1 is 0.351 bits per heavy atom. The molecule has 8 aromatic rings. The van der Waals surface area contributed by atoms with Crippen molar-refractivity contribution >= 4 is 127 Å². The molecule has 94 heavy (non-hydrogen) atoms. The maximum atomic E-state index is 12.5. The van der Waals surface area contributed by atoms with Crippen molar-refractivity contribution < 1.29 is 95.6 Å². The van der Waals surface area contributed by atoms with Gasteiger partial charge < -0.3 is 23.7 Å². The molecule has 0 fully saturated rings. The van der Waals surface area contributed by atoms with E-state index < -0.39 is 42.8 Å². The molecular formula is C65H44F6N6O15S2. The summed E-state index contributed by atoms with van der Waals surface area (Å²) in [5.74, 6) is -0.890. The van der Waals surface area contributed by atoms with Crippen molar-refractivity contribution in [2.24, 2.45) is 30.0 Å². The molecule has 3 N–H and O–H groups in total. The van der Waals surface area contributed by atoms with Crippen LogP contribution in [0.1, 0.15) is 50.1 Å². The third kappa shape index (κ3) is 24.6. The lowest BCUT2D eigenvalue weighted by molar-refractivity contribution is -0.0504. The minimum absolute atomic E-state index is 0.0235. The minimum atomic E-state index is -5.85. The fraction of sp³-hybridized carbons (Fsp3) is 0.0769. The first kappa shape index (κ1) is 72.5. The van der Waals surface area contributed by atoms with Gasteiger partial charge in [0.2, 0.25) is 36.5 Å². The molecule has 0 aliphatic heterocycles. The molecule has 0 aromatic heterocycles. The SMILES string of the molecule is Cc1cc(/C=C/c2ccc(OS(=O)(=O)C(F)(F)F)cc2)cc(OS(=O)(=O)C(F)(F)F)c1.O=C=Nc1ccc(/C=C/c2cc(N=C=O)cc(N=C=O)c2)cc1.O=C=Nc1ccc(CCc2cc(N=C=O)cc(N=C=O)c2)cc1.Oc1ccc(/C=C/c2cc(O)cc(O)c2)cc1. The molecular weight excluding hydrogens is 1280 g/mol. The van der Waals surface area contributed by atoms with Crippen molar-refractivity contribution in [3.8, 4) is 28.7 Å². The van der Waals surface area contributed by atoms with Crippen molar-refractivity contribution in [1.82, 2.24) is 0 Å². The molecule has 0 aliphatic rings. The predicted octanol–water partition coefficient (Wildman–Crippen LogP) is 14.7. The molecule has 0 heterocycles. The zero-order valence-corrected chi connectivity index (χ0v) is 49.7. The second-order valence-electron chi connectivity index (χ2n) is 18.6. The number of benzene rings is 8. The maximum absolute atomic E-state index is 12.5. The van der Waals surface area contributed by atoms with Gasteiger partial charge >= 0.3 is 31.3 Å². The Morgan fingerprint density at radius 3 is 1.10 bits per heavy atom. The lowest BCUT2D eigenvalue weighted by Crippen LogP contribution is -2.28. The van der Waals surface area contributed by atoms with Crippen molar-refractivity contribution in [1.29, 1.82) is 0 Å². The Morgan fingerprint density at radius 2 is 0.681 bits per heavy atom. The summed E-state index contributed by atoms with van der Waals surface area (Å²) in [5.41, 5.74) is -2.52. The number of hydrogen-bond donors (Lipinski definition) is 3. The van der Waals surface area contributed by atoms with Crippen molar-refractivity contribution in [3.05, 3.63) is 220 Å². The van der Waals surface area contributed by atoms with Crippen LogP contribution >= 0.6 is 0 Å². The molecule has 0 unspecified atom stereocenters. The Bertz CT molecular complexity index is 4530. The number of phenols is 3. The zero-order valence-electron chi connectivity index (χ0n) is 48.1. The number of rotatable bonds is 19. The highest BCUT2D eigenvalue weighted by atomic mass is 32.2. The second-order valence-corrected chi connectivity index (χ2v) is 21.7. The average Bonchev–Trinajstić information content (AvgIpc) is 0.836. The fourth-order valence-electron chi connectivity index (χ4n) is 7.56. The van der Waals surface area contributed by atoms with Gasteiger partial charge in [0.05, 0.1) is 34.1 Å². The van der Waals surface area contributed by atoms with Crippen LogP contribution in [0.25, 0.3) is 36.5 Å². The van der Waals surface area contributed by atoms with E-state index in [0.29, 0.717) is 62.8 Å². The molecule has 478 valence electrons. The van der Waals surface area contributed by atoms with Gasteiger partial charge in [-0.15, -0.1) is 0 Å². The normalized spacial score (nSPS) is 11.0. The van der Waals surface area contributed by atoms with E-state index in [1.807, 2.05) is 24.3 Å². The van der Waals surface area contributed by atoms with Crippen molar-refractivity contribution in [3.63, 3.8) is 0 Å². The molecule has 0 aliphatic carbocycles. The second kappa shape index (κ2) is 34.6. The summed E-state index contributed by atoms with van der Waals surface area (Å²) >= 11 is 0. The standard InChI is InChI=1S/C17H12F6O6S2.C17H11N3O3.C17H9N3O3.C14H12O3/c1-11-8-13(10-15(9-11)29-31(26,27)17(21,22)23)3-2-12-4-6-14(7-5-12)28-30(24,25)16(18,19)20;2*21-10-18-15-5-3-13(4-6-15)1-2-14-7-16(19-11-22)9-17(8-14)20-12-23;15-12-5-3-10(4-6-12)1-2-11-7-13(16)9-14(17)8-11/h2-10H,1H3;3-9H,1-2H2;1-9H;1-9,15-17H/b3-2+;;2*2-1+. The monoisotopic (exact) mass is 1330 g/mol. The largest absolute Gasteiger partial charge is 0.534 e. The first-order valence-electron chi connectivity index (χ1n) is 26.2. The topological polar surface area (TPSA) is 324 Å². The molecule has 0 radical (unpaired) electrons. The van der Waals surface area contributed by atoms with Crippen LogP contribution in [-0.2, 0) is 61.8 Å². The van der Waals surface area contributed by atoms with Gasteiger partial charge in [0.15, 0.2) is 0 Å².